The van der Waals surface area contributed by atoms with Gasteiger partial charge in [0.1, 0.15) is 6.04 Å². The van der Waals surface area contributed by atoms with E-state index in [1.165, 1.54) is 19.1 Å². The van der Waals surface area contributed by atoms with Crippen molar-refractivity contribution in [2.45, 2.75) is 13.0 Å². The average molecular weight is 277 g/mol. The van der Waals surface area contributed by atoms with Crippen molar-refractivity contribution in [1.82, 2.24) is 0 Å². The molecule has 0 aromatic heterocycles. The second-order valence-electron chi connectivity index (χ2n) is 3.61. The summed E-state index contributed by atoms with van der Waals surface area (Å²) in [7, 11) is -3.59. The summed E-state index contributed by atoms with van der Waals surface area (Å²) in [6, 6.07) is 5.17. The Morgan fingerprint density at radius 3 is 2.18 bits per heavy atom. The molecule has 7 heteroatoms. The third-order valence-corrected chi connectivity index (χ3v) is 3.70. The SMILES string of the molecule is CC(C(N)=O)N(c1ccc(Cl)cc1)S(C)(=O)=O. The molecule has 17 heavy (non-hydrogen) atoms. The van der Waals surface area contributed by atoms with Crippen LogP contribution in [0.1, 0.15) is 6.92 Å². The van der Waals surface area contributed by atoms with E-state index in [2.05, 4.69) is 0 Å². The van der Waals surface area contributed by atoms with E-state index >= 15 is 0 Å². The number of primary amides is 1. The minimum atomic E-state index is -3.59. The predicted molar refractivity (Wildman–Crippen MR) is 67.4 cm³/mol. The Labute approximate surface area is 105 Å². The molecule has 1 aromatic carbocycles. The lowest BCUT2D eigenvalue weighted by Crippen LogP contribution is -2.45. The fraction of sp³-hybridized carbons (Fsp3) is 0.300. The summed E-state index contributed by atoms with van der Waals surface area (Å²) in [5.74, 6) is -0.717. The topological polar surface area (TPSA) is 80.5 Å². The smallest absolute Gasteiger partial charge is 0.241 e. The standard InChI is InChI=1S/C10H13ClN2O3S/c1-7(10(12)14)13(17(2,15)16)9-5-3-8(11)4-6-9/h3-7H,1-2H3,(H2,12,14). The van der Waals surface area contributed by atoms with Crippen LogP contribution in [0.5, 0.6) is 0 Å². The van der Waals surface area contributed by atoms with Crippen molar-refractivity contribution >= 4 is 33.2 Å². The van der Waals surface area contributed by atoms with Crippen molar-refractivity contribution < 1.29 is 13.2 Å². The molecule has 1 unspecified atom stereocenters. The Kier molecular flexibility index (Phi) is 4.00. The second kappa shape index (κ2) is 4.93. The maximum absolute atomic E-state index is 11.6. The molecule has 0 radical (unpaired) electrons. The molecule has 0 spiro atoms. The van der Waals surface area contributed by atoms with Crippen molar-refractivity contribution in [2.75, 3.05) is 10.6 Å². The molecule has 1 rings (SSSR count). The molecule has 2 N–H and O–H groups in total. The van der Waals surface area contributed by atoms with Gasteiger partial charge in [-0.15, -0.1) is 0 Å². The van der Waals surface area contributed by atoms with E-state index < -0.39 is 22.0 Å². The molecule has 0 aliphatic carbocycles. The Bertz CT molecular complexity index is 513. The van der Waals surface area contributed by atoms with E-state index in [4.69, 9.17) is 17.3 Å². The van der Waals surface area contributed by atoms with E-state index in [1.54, 1.807) is 12.1 Å². The number of anilines is 1. The van der Waals surface area contributed by atoms with Crippen LogP contribution >= 0.6 is 11.6 Å². The summed E-state index contributed by atoms with van der Waals surface area (Å²) in [5, 5.41) is 0.480. The highest BCUT2D eigenvalue weighted by Crippen LogP contribution is 2.22. The molecule has 0 fully saturated rings. The molecule has 94 valence electrons. The van der Waals surface area contributed by atoms with Crippen LogP contribution in [0.2, 0.25) is 5.02 Å². The summed E-state index contributed by atoms with van der Waals surface area (Å²) in [4.78, 5) is 11.1. The summed E-state index contributed by atoms with van der Waals surface area (Å²) < 4.78 is 24.3. The first-order valence-corrected chi connectivity index (χ1v) is 7.00. The Morgan fingerprint density at radius 2 is 1.82 bits per heavy atom. The molecule has 0 heterocycles. The van der Waals surface area contributed by atoms with E-state index in [0.717, 1.165) is 10.6 Å². The van der Waals surface area contributed by atoms with Gasteiger partial charge >= 0.3 is 0 Å². The van der Waals surface area contributed by atoms with Gasteiger partial charge in [-0.25, -0.2) is 8.42 Å². The molecular weight excluding hydrogens is 264 g/mol. The maximum Gasteiger partial charge on any atom is 0.241 e. The van der Waals surface area contributed by atoms with Gasteiger partial charge < -0.3 is 5.73 Å². The third-order valence-electron chi connectivity index (χ3n) is 2.20. The monoisotopic (exact) mass is 276 g/mol. The van der Waals surface area contributed by atoms with Crippen LogP contribution in [0, 0.1) is 0 Å². The average Bonchev–Trinajstić information content (AvgIpc) is 2.19. The zero-order valence-electron chi connectivity index (χ0n) is 9.42. The molecule has 0 saturated heterocycles. The number of halogens is 1. The number of carbonyl (C=O) groups excluding carboxylic acids is 1. The van der Waals surface area contributed by atoms with Crippen LogP contribution in [0.25, 0.3) is 0 Å². The van der Waals surface area contributed by atoms with Gasteiger partial charge in [-0.05, 0) is 31.2 Å². The van der Waals surface area contributed by atoms with Gasteiger partial charge in [-0.2, -0.15) is 0 Å². The highest BCUT2D eigenvalue weighted by Gasteiger charge is 2.27. The molecular formula is C10H13ClN2O3S. The normalized spacial score (nSPS) is 13.1. The molecule has 0 bridgehead atoms. The largest absolute Gasteiger partial charge is 0.368 e. The molecule has 0 aliphatic heterocycles. The Morgan fingerprint density at radius 1 is 1.35 bits per heavy atom. The van der Waals surface area contributed by atoms with Gasteiger partial charge in [0, 0.05) is 5.02 Å². The quantitative estimate of drug-likeness (QED) is 0.890. The van der Waals surface area contributed by atoms with Crippen LogP contribution in [-0.4, -0.2) is 26.6 Å². The lowest BCUT2D eigenvalue weighted by Gasteiger charge is -2.26. The number of rotatable bonds is 4. The zero-order valence-corrected chi connectivity index (χ0v) is 11.0. The van der Waals surface area contributed by atoms with E-state index in [0.29, 0.717) is 10.7 Å². The molecule has 0 aliphatic rings. The lowest BCUT2D eigenvalue weighted by atomic mass is 10.2. The number of nitrogens with zero attached hydrogens (tertiary/aromatic N) is 1. The molecule has 1 aromatic rings. The van der Waals surface area contributed by atoms with Gasteiger partial charge in [0.15, 0.2) is 0 Å². The van der Waals surface area contributed by atoms with E-state index in [-0.39, 0.29) is 0 Å². The Balaban J connectivity index is 3.25. The predicted octanol–water partition coefficient (Wildman–Crippen LogP) is 0.980. The van der Waals surface area contributed by atoms with Crippen molar-refractivity contribution in [2.24, 2.45) is 5.73 Å². The summed E-state index contributed by atoms with van der Waals surface area (Å²) >= 11 is 5.71. The molecule has 0 saturated carbocycles. The lowest BCUT2D eigenvalue weighted by molar-refractivity contribution is -0.118. The van der Waals surface area contributed by atoms with Gasteiger partial charge in [0.25, 0.3) is 0 Å². The van der Waals surface area contributed by atoms with Crippen LogP contribution in [0.3, 0.4) is 0 Å². The van der Waals surface area contributed by atoms with Crippen molar-refractivity contribution in [3.8, 4) is 0 Å². The zero-order chi connectivity index (χ0) is 13.2. The minimum Gasteiger partial charge on any atom is -0.368 e. The van der Waals surface area contributed by atoms with Crippen LogP contribution in [0.4, 0.5) is 5.69 Å². The number of amides is 1. The number of hydrogen-bond acceptors (Lipinski definition) is 3. The molecule has 5 nitrogen and oxygen atoms in total. The van der Waals surface area contributed by atoms with Gasteiger partial charge in [0.2, 0.25) is 15.9 Å². The molecule has 1 atom stereocenters. The van der Waals surface area contributed by atoms with Gasteiger partial charge in [-0.3, -0.25) is 9.10 Å². The number of hydrogen-bond donors (Lipinski definition) is 1. The van der Waals surface area contributed by atoms with Crippen LogP contribution in [0.15, 0.2) is 24.3 Å². The van der Waals surface area contributed by atoms with E-state index in [9.17, 15) is 13.2 Å². The summed E-state index contributed by atoms with van der Waals surface area (Å²) in [6.07, 6.45) is 1.01. The van der Waals surface area contributed by atoms with Gasteiger partial charge in [0.05, 0.1) is 11.9 Å². The fourth-order valence-corrected chi connectivity index (χ4v) is 2.71. The first-order chi connectivity index (χ1) is 7.73. The van der Waals surface area contributed by atoms with Gasteiger partial charge in [-0.1, -0.05) is 11.6 Å². The number of nitrogens with two attached hydrogens (primary N) is 1. The van der Waals surface area contributed by atoms with Crippen LogP contribution in [-0.2, 0) is 14.8 Å². The second-order valence-corrected chi connectivity index (χ2v) is 5.91. The van der Waals surface area contributed by atoms with Crippen molar-refractivity contribution in [3.63, 3.8) is 0 Å². The Hall–Kier alpha value is -1.27. The minimum absolute atomic E-state index is 0.350. The summed E-state index contributed by atoms with van der Waals surface area (Å²) in [5.41, 5.74) is 5.48. The highest BCUT2D eigenvalue weighted by molar-refractivity contribution is 7.92. The molecule has 1 amide bonds. The number of benzene rings is 1. The van der Waals surface area contributed by atoms with Crippen molar-refractivity contribution in [3.05, 3.63) is 29.3 Å². The fourth-order valence-electron chi connectivity index (χ4n) is 1.41. The van der Waals surface area contributed by atoms with E-state index in [1.807, 2.05) is 0 Å². The van der Waals surface area contributed by atoms with Crippen molar-refractivity contribution in [1.29, 1.82) is 0 Å². The highest BCUT2D eigenvalue weighted by atomic mass is 35.5. The first-order valence-electron chi connectivity index (χ1n) is 4.78. The number of carbonyl (C=O) groups is 1. The number of sulfonamides is 1. The first kappa shape index (κ1) is 13.8. The summed E-state index contributed by atoms with van der Waals surface area (Å²) in [6.45, 7) is 1.43. The third kappa shape index (κ3) is 3.34. The van der Waals surface area contributed by atoms with Crippen LogP contribution < -0.4 is 10.0 Å². The maximum atomic E-state index is 11.6.